The van der Waals surface area contributed by atoms with Crippen molar-refractivity contribution < 1.29 is 23.8 Å². The maximum atomic E-state index is 13.2. The van der Waals surface area contributed by atoms with Gasteiger partial charge in [-0.3, -0.25) is 0 Å². The van der Waals surface area contributed by atoms with Gasteiger partial charge in [0.1, 0.15) is 17.2 Å². The van der Waals surface area contributed by atoms with Crippen molar-refractivity contribution in [2.24, 2.45) is 0 Å². The molecular weight excluding hydrogens is 389 g/mol. The average molecular weight is 413 g/mol. The second-order valence-electron chi connectivity index (χ2n) is 6.57. The van der Waals surface area contributed by atoms with Crippen LogP contribution >= 0.6 is 7.60 Å². The number of nitrogens with one attached hydrogen (secondary N) is 1. The molecule has 152 valence electrons. The van der Waals surface area contributed by atoms with Gasteiger partial charge in [0.2, 0.25) is 0 Å². The molecule has 7 heteroatoms. The van der Waals surface area contributed by atoms with Gasteiger partial charge in [-0.1, -0.05) is 35.9 Å². The summed E-state index contributed by atoms with van der Waals surface area (Å²) in [5, 5.41) is 12.7. The number of hydrogen-bond donors (Lipinski definition) is 3. The molecule has 0 amide bonds. The van der Waals surface area contributed by atoms with E-state index < -0.39 is 13.4 Å². The minimum atomic E-state index is -4.24. The van der Waals surface area contributed by atoms with Gasteiger partial charge in [-0.15, -0.1) is 0 Å². The number of phenolic OH excluding ortho intramolecular Hbond substituents is 1. The van der Waals surface area contributed by atoms with E-state index >= 15 is 0 Å². The van der Waals surface area contributed by atoms with E-state index in [9.17, 15) is 14.6 Å². The van der Waals surface area contributed by atoms with Crippen LogP contribution in [-0.4, -0.2) is 16.6 Å². The lowest BCUT2D eigenvalue weighted by Gasteiger charge is -2.25. The molecule has 6 nitrogen and oxygen atoms in total. The van der Waals surface area contributed by atoms with Crippen molar-refractivity contribution in [3.63, 3.8) is 0 Å². The zero-order valence-corrected chi connectivity index (χ0v) is 17.2. The van der Waals surface area contributed by atoms with Crippen molar-refractivity contribution >= 4 is 13.3 Å². The summed E-state index contributed by atoms with van der Waals surface area (Å²) in [7, 11) is -4.24. The fourth-order valence-electron chi connectivity index (χ4n) is 2.82. The van der Waals surface area contributed by atoms with Crippen molar-refractivity contribution in [3.05, 3.63) is 83.9 Å². The van der Waals surface area contributed by atoms with E-state index in [0.717, 1.165) is 5.56 Å². The van der Waals surface area contributed by atoms with Gasteiger partial charge >= 0.3 is 7.60 Å². The summed E-state index contributed by atoms with van der Waals surface area (Å²) in [6.45, 7) is 4.39. The molecule has 1 unspecified atom stereocenters. The Balaban J connectivity index is 1.94. The first-order valence-electron chi connectivity index (χ1n) is 9.24. The quantitative estimate of drug-likeness (QED) is 0.424. The maximum absolute atomic E-state index is 13.2. The number of benzene rings is 3. The highest BCUT2D eigenvalue weighted by Crippen LogP contribution is 2.56. The highest BCUT2D eigenvalue weighted by molar-refractivity contribution is 7.53. The van der Waals surface area contributed by atoms with E-state index in [-0.39, 0.29) is 11.5 Å². The Bertz CT molecular complexity index is 989. The lowest BCUT2D eigenvalue weighted by Crippen LogP contribution is -2.14. The zero-order valence-electron chi connectivity index (χ0n) is 16.3. The third-order valence-electron chi connectivity index (χ3n) is 4.24. The van der Waals surface area contributed by atoms with E-state index in [4.69, 9.17) is 9.26 Å². The molecule has 0 radical (unpaired) electrons. The van der Waals surface area contributed by atoms with Gasteiger partial charge in [-0.25, -0.2) is 4.57 Å². The van der Waals surface area contributed by atoms with Crippen LogP contribution in [0, 0.1) is 6.92 Å². The van der Waals surface area contributed by atoms with Gasteiger partial charge in [0.15, 0.2) is 5.78 Å². The first-order chi connectivity index (χ1) is 13.9. The van der Waals surface area contributed by atoms with Crippen LogP contribution in [0.15, 0.2) is 72.8 Å². The molecule has 0 saturated heterocycles. The molecule has 0 fully saturated rings. The average Bonchev–Trinajstić information content (AvgIpc) is 2.68. The van der Waals surface area contributed by atoms with Crippen LogP contribution in [0.5, 0.6) is 17.2 Å². The Morgan fingerprint density at radius 2 is 1.69 bits per heavy atom. The number of ether oxygens (including phenoxy) is 1. The Morgan fingerprint density at radius 3 is 2.31 bits per heavy atom. The van der Waals surface area contributed by atoms with E-state index in [2.05, 4.69) is 5.32 Å². The highest BCUT2D eigenvalue weighted by Gasteiger charge is 2.36. The van der Waals surface area contributed by atoms with E-state index in [1.54, 1.807) is 30.3 Å². The number of rotatable bonds is 8. The summed E-state index contributed by atoms with van der Waals surface area (Å²) in [6, 6.07) is 20.3. The van der Waals surface area contributed by atoms with Crippen molar-refractivity contribution in [2.75, 3.05) is 11.9 Å². The van der Waals surface area contributed by atoms with Crippen LogP contribution in [0.4, 0.5) is 5.69 Å². The summed E-state index contributed by atoms with van der Waals surface area (Å²) in [6.07, 6.45) is 0. The van der Waals surface area contributed by atoms with Crippen molar-refractivity contribution in [1.82, 2.24) is 0 Å². The van der Waals surface area contributed by atoms with Gasteiger partial charge in [-0.2, -0.15) is 0 Å². The Morgan fingerprint density at radius 1 is 1.00 bits per heavy atom. The third kappa shape index (κ3) is 5.53. The summed E-state index contributed by atoms with van der Waals surface area (Å²) >= 11 is 0. The lowest BCUT2D eigenvalue weighted by atomic mass is 10.2. The molecule has 29 heavy (non-hydrogen) atoms. The zero-order chi connectivity index (χ0) is 20.9. The standard InChI is InChI=1S/C22H24NO5P/c1-3-27-20-13-9-17(10-14-20)22(23-18-11-7-16(2)8-12-18)29(25,26)28-21-6-4-5-19(24)15-21/h4-15,22-24H,3H2,1-2H3,(H,25,26)/t22-/m0/s1. The van der Waals surface area contributed by atoms with Crippen LogP contribution in [-0.2, 0) is 4.57 Å². The fraction of sp³-hybridized carbons (Fsp3) is 0.182. The Labute approximate surface area is 170 Å². The molecule has 3 aromatic carbocycles. The van der Waals surface area contributed by atoms with Gasteiger partial charge in [0.25, 0.3) is 0 Å². The largest absolute Gasteiger partial charge is 0.508 e. The summed E-state index contributed by atoms with van der Waals surface area (Å²) < 4.78 is 24.1. The number of aromatic hydroxyl groups is 1. The number of anilines is 1. The van der Waals surface area contributed by atoms with Crippen molar-refractivity contribution in [1.29, 1.82) is 0 Å². The summed E-state index contributed by atoms with van der Waals surface area (Å²) in [4.78, 5) is 10.8. The maximum Gasteiger partial charge on any atom is 0.403 e. The Kier molecular flexibility index (Phi) is 6.47. The van der Waals surface area contributed by atoms with Crippen molar-refractivity contribution in [3.8, 4) is 17.2 Å². The smallest absolute Gasteiger partial charge is 0.403 e. The minimum Gasteiger partial charge on any atom is -0.508 e. The molecule has 0 saturated carbocycles. The second kappa shape index (κ2) is 9.03. The molecule has 0 spiro atoms. The van der Waals surface area contributed by atoms with Crippen LogP contribution in [0.1, 0.15) is 23.8 Å². The monoisotopic (exact) mass is 413 g/mol. The predicted molar refractivity (Wildman–Crippen MR) is 114 cm³/mol. The van der Waals surface area contributed by atoms with Crippen LogP contribution in [0.3, 0.4) is 0 Å². The van der Waals surface area contributed by atoms with Gasteiger partial charge in [0.05, 0.1) is 6.61 Å². The molecule has 0 heterocycles. The molecule has 3 N–H and O–H groups in total. The van der Waals surface area contributed by atoms with Crippen LogP contribution < -0.4 is 14.6 Å². The van der Waals surface area contributed by atoms with Crippen molar-refractivity contribution in [2.45, 2.75) is 19.6 Å². The van der Waals surface area contributed by atoms with Crippen LogP contribution in [0.25, 0.3) is 0 Å². The molecule has 0 bridgehead atoms. The molecule has 0 aliphatic rings. The minimum absolute atomic E-state index is 0.0494. The third-order valence-corrected chi connectivity index (χ3v) is 5.79. The number of aryl methyl sites for hydroxylation is 1. The van der Waals surface area contributed by atoms with Gasteiger partial charge < -0.3 is 24.6 Å². The van der Waals surface area contributed by atoms with E-state index in [1.807, 2.05) is 38.1 Å². The fourth-order valence-corrected chi connectivity index (χ4v) is 4.20. The van der Waals surface area contributed by atoms with Gasteiger partial charge in [0, 0.05) is 11.8 Å². The first kappa shape index (κ1) is 20.8. The highest BCUT2D eigenvalue weighted by atomic mass is 31.2. The van der Waals surface area contributed by atoms with E-state index in [1.165, 1.54) is 18.2 Å². The SMILES string of the molecule is CCOc1ccc([C@@H](Nc2ccc(C)cc2)P(=O)(O)Oc2cccc(O)c2)cc1. The molecule has 2 atom stereocenters. The topological polar surface area (TPSA) is 88.0 Å². The molecule has 0 aliphatic carbocycles. The molecule has 0 aromatic heterocycles. The van der Waals surface area contributed by atoms with Crippen LogP contribution in [0.2, 0.25) is 0 Å². The number of hydrogen-bond acceptors (Lipinski definition) is 5. The lowest BCUT2D eigenvalue weighted by molar-refractivity contribution is 0.340. The second-order valence-corrected chi connectivity index (χ2v) is 8.39. The summed E-state index contributed by atoms with van der Waals surface area (Å²) in [5.41, 5.74) is 2.33. The summed E-state index contributed by atoms with van der Waals surface area (Å²) in [5.74, 6) is -0.292. The molecule has 3 rings (SSSR count). The molecule has 3 aromatic rings. The molecular formula is C22H24NO5P. The van der Waals surface area contributed by atoms with Gasteiger partial charge in [-0.05, 0) is 55.8 Å². The van der Waals surface area contributed by atoms with E-state index in [0.29, 0.717) is 23.6 Å². The Hall–Kier alpha value is -2.95. The molecule has 0 aliphatic heterocycles. The number of phenols is 1. The first-order valence-corrected chi connectivity index (χ1v) is 10.9. The predicted octanol–water partition coefficient (Wildman–Crippen LogP) is 5.47. The normalized spacial score (nSPS) is 13.9.